The Morgan fingerprint density at radius 2 is 0.707 bits per heavy atom. The maximum Gasteiger partial charge on any atom is 0.135 e. The Bertz CT molecular complexity index is 3380. The van der Waals surface area contributed by atoms with E-state index in [0.29, 0.717) is 0 Å². The van der Waals surface area contributed by atoms with Crippen LogP contribution in [0.2, 0.25) is 0 Å². The van der Waals surface area contributed by atoms with Crippen molar-refractivity contribution >= 4 is 43.7 Å². The van der Waals surface area contributed by atoms with E-state index in [4.69, 9.17) is 4.42 Å². The zero-order valence-electron chi connectivity index (χ0n) is 32.4. The van der Waals surface area contributed by atoms with Gasteiger partial charge in [0.2, 0.25) is 0 Å². The Morgan fingerprint density at radius 3 is 1.26 bits per heavy atom. The number of aromatic nitrogens is 1. The van der Waals surface area contributed by atoms with Gasteiger partial charge in [-0.3, -0.25) is 0 Å². The number of furan rings is 1. The second-order valence-corrected chi connectivity index (χ2v) is 15.6. The zero-order valence-corrected chi connectivity index (χ0v) is 32.4. The quantitative estimate of drug-likeness (QED) is 0.166. The van der Waals surface area contributed by atoms with Crippen molar-refractivity contribution in [3.63, 3.8) is 0 Å². The topological polar surface area (TPSA) is 18.1 Å². The minimum atomic E-state index is 0.893. The average molecular weight is 742 g/mol. The van der Waals surface area contributed by atoms with Gasteiger partial charge in [-0.15, -0.1) is 0 Å². The lowest BCUT2D eigenvalue weighted by Gasteiger charge is -2.11. The third-order valence-corrected chi connectivity index (χ3v) is 11.7. The Labute approximate surface area is 337 Å². The molecule has 0 aliphatic carbocycles. The Kier molecular flexibility index (Phi) is 7.97. The summed E-state index contributed by atoms with van der Waals surface area (Å²) < 4.78 is 8.76. The molecule has 274 valence electrons. The zero-order chi connectivity index (χ0) is 38.7. The van der Waals surface area contributed by atoms with Gasteiger partial charge in [0.1, 0.15) is 11.2 Å². The largest absolute Gasteiger partial charge is 0.456 e. The van der Waals surface area contributed by atoms with Gasteiger partial charge in [-0.25, -0.2) is 0 Å². The third-order valence-electron chi connectivity index (χ3n) is 11.7. The molecule has 0 aliphatic rings. The van der Waals surface area contributed by atoms with Crippen molar-refractivity contribution in [2.75, 3.05) is 0 Å². The van der Waals surface area contributed by atoms with Crippen LogP contribution >= 0.6 is 0 Å². The van der Waals surface area contributed by atoms with Gasteiger partial charge in [-0.2, -0.15) is 0 Å². The molecule has 0 atom stereocenters. The number of para-hydroxylation sites is 1. The van der Waals surface area contributed by atoms with Gasteiger partial charge in [-0.1, -0.05) is 145 Å². The summed E-state index contributed by atoms with van der Waals surface area (Å²) in [5.74, 6) is 0. The van der Waals surface area contributed by atoms with Crippen LogP contribution in [0.1, 0.15) is 11.1 Å². The van der Waals surface area contributed by atoms with E-state index in [-0.39, 0.29) is 0 Å². The summed E-state index contributed by atoms with van der Waals surface area (Å²) in [5.41, 5.74) is 19.9. The minimum absolute atomic E-state index is 0.893. The van der Waals surface area contributed by atoms with E-state index in [0.717, 1.165) is 27.6 Å². The van der Waals surface area contributed by atoms with E-state index >= 15 is 0 Å². The molecule has 2 aromatic heterocycles. The summed E-state index contributed by atoms with van der Waals surface area (Å²) in [6.45, 7) is 4.29. The van der Waals surface area contributed by atoms with Crippen molar-refractivity contribution < 1.29 is 4.42 Å². The molecule has 0 fully saturated rings. The van der Waals surface area contributed by atoms with Gasteiger partial charge in [0.25, 0.3) is 0 Å². The molecule has 0 saturated carbocycles. The van der Waals surface area contributed by atoms with Crippen LogP contribution in [0.5, 0.6) is 0 Å². The molecule has 2 nitrogen and oxygen atoms in total. The Balaban J connectivity index is 0.970. The molecule has 2 heterocycles. The molecule has 0 amide bonds. The van der Waals surface area contributed by atoms with Crippen LogP contribution in [-0.2, 0) is 0 Å². The lowest BCUT2D eigenvalue weighted by molar-refractivity contribution is 0.669. The third kappa shape index (κ3) is 5.90. The van der Waals surface area contributed by atoms with Gasteiger partial charge in [0.15, 0.2) is 0 Å². The summed E-state index contributed by atoms with van der Waals surface area (Å²) in [5, 5.41) is 4.70. The van der Waals surface area contributed by atoms with Crippen LogP contribution in [0.25, 0.3) is 105 Å². The molecular formula is C56H39NO. The minimum Gasteiger partial charge on any atom is -0.456 e. The van der Waals surface area contributed by atoms with Gasteiger partial charge in [0, 0.05) is 27.2 Å². The second-order valence-electron chi connectivity index (χ2n) is 15.6. The second kappa shape index (κ2) is 13.7. The number of hydrogen-bond acceptors (Lipinski definition) is 1. The van der Waals surface area contributed by atoms with Gasteiger partial charge in [0.05, 0.1) is 11.0 Å². The predicted molar refractivity (Wildman–Crippen MR) is 245 cm³/mol. The highest BCUT2D eigenvalue weighted by Crippen LogP contribution is 2.39. The first-order valence-corrected chi connectivity index (χ1v) is 20.0. The van der Waals surface area contributed by atoms with Crippen LogP contribution in [-0.4, -0.2) is 4.57 Å². The normalized spacial score (nSPS) is 11.6. The number of hydrogen-bond donors (Lipinski definition) is 0. The fourth-order valence-corrected chi connectivity index (χ4v) is 8.80. The summed E-state index contributed by atoms with van der Waals surface area (Å²) >= 11 is 0. The molecule has 9 aromatic carbocycles. The molecule has 0 unspecified atom stereocenters. The Morgan fingerprint density at radius 1 is 0.293 bits per heavy atom. The highest BCUT2D eigenvalue weighted by Gasteiger charge is 2.16. The molecule has 0 saturated heterocycles. The molecule has 0 spiro atoms. The highest BCUT2D eigenvalue weighted by atomic mass is 16.3. The smallest absolute Gasteiger partial charge is 0.135 e. The molecule has 0 aliphatic heterocycles. The number of benzene rings is 9. The van der Waals surface area contributed by atoms with Gasteiger partial charge >= 0.3 is 0 Å². The number of nitrogens with zero attached hydrogens (tertiary/aromatic N) is 1. The van der Waals surface area contributed by atoms with Crippen molar-refractivity contribution in [1.29, 1.82) is 0 Å². The fourth-order valence-electron chi connectivity index (χ4n) is 8.80. The van der Waals surface area contributed by atoms with E-state index < -0.39 is 0 Å². The van der Waals surface area contributed by atoms with E-state index in [1.165, 1.54) is 88.6 Å². The van der Waals surface area contributed by atoms with Crippen LogP contribution in [0.4, 0.5) is 0 Å². The molecule has 0 bridgehead atoms. The molecule has 0 radical (unpaired) electrons. The standard InChI is InChI=1S/C56H39NO/c1-36-10-5-12-38(28-36)40-14-7-15-41(30-40)42-16-8-17-43(31-42)44-18-9-19-45(32-44)46-22-25-54-50(33-46)49-20-3-4-21-53(49)57(54)48-24-27-56-52(35-48)51-34-47(23-26-55(51)58-56)39-13-6-11-37(2)29-39/h3-35H,1-2H3. The summed E-state index contributed by atoms with van der Waals surface area (Å²) in [7, 11) is 0. The molecular weight excluding hydrogens is 703 g/mol. The van der Waals surface area contributed by atoms with Crippen LogP contribution in [0.3, 0.4) is 0 Å². The lowest BCUT2D eigenvalue weighted by Crippen LogP contribution is -1.93. The van der Waals surface area contributed by atoms with E-state index in [9.17, 15) is 0 Å². The van der Waals surface area contributed by atoms with Crippen molar-refractivity contribution in [1.82, 2.24) is 4.57 Å². The summed E-state index contributed by atoms with van der Waals surface area (Å²) in [6, 6.07) is 72.9. The number of aryl methyl sites for hydroxylation is 2. The average Bonchev–Trinajstić information content (AvgIpc) is 3.81. The number of rotatable bonds is 6. The molecule has 11 aromatic rings. The maximum atomic E-state index is 6.37. The fraction of sp³-hybridized carbons (Fsp3) is 0.0357. The van der Waals surface area contributed by atoms with Crippen molar-refractivity contribution in [2.45, 2.75) is 13.8 Å². The van der Waals surface area contributed by atoms with Gasteiger partial charge in [-0.05, 0) is 136 Å². The van der Waals surface area contributed by atoms with E-state index in [1.807, 2.05) is 0 Å². The predicted octanol–water partition coefficient (Wildman–Crippen LogP) is 15.6. The first kappa shape index (κ1) is 33.9. The maximum absolute atomic E-state index is 6.37. The first-order valence-electron chi connectivity index (χ1n) is 20.0. The van der Waals surface area contributed by atoms with E-state index in [2.05, 4.69) is 219 Å². The lowest BCUT2D eigenvalue weighted by atomic mass is 9.94. The van der Waals surface area contributed by atoms with Crippen LogP contribution in [0.15, 0.2) is 205 Å². The Hall–Kier alpha value is -7.42. The van der Waals surface area contributed by atoms with Crippen LogP contribution < -0.4 is 0 Å². The molecule has 11 rings (SSSR count). The van der Waals surface area contributed by atoms with Crippen molar-refractivity contribution in [2.24, 2.45) is 0 Å². The highest BCUT2D eigenvalue weighted by molar-refractivity contribution is 6.12. The molecule has 0 N–H and O–H groups in total. The molecule has 2 heteroatoms. The number of fused-ring (bicyclic) bond motifs is 6. The van der Waals surface area contributed by atoms with Crippen molar-refractivity contribution in [3.05, 3.63) is 211 Å². The van der Waals surface area contributed by atoms with Gasteiger partial charge < -0.3 is 8.98 Å². The van der Waals surface area contributed by atoms with Crippen LogP contribution in [0, 0.1) is 13.8 Å². The SMILES string of the molecule is Cc1cccc(-c2cccc(-c3cccc(-c4cccc(-c5ccc6c(c5)c5ccccc5n6-c5ccc6oc7ccc(-c8cccc(C)c8)cc7c6c5)c4)c3)c2)c1. The molecule has 58 heavy (non-hydrogen) atoms. The summed E-state index contributed by atoms with van der Waals surface area (Å²) in [4.78, 5) is 0. The monoisotopic (exact) mass is 741 g/mol. The van der Waals surface area contributed by atoms with E-state index in [1.54, 1.807) is 0 Å². The van der Waals surface area contributed by atoms with Crippen molar-refractivity contribution in [3.8, 4) is 61.3 Å². The first-order chi connectivity index (χ1) is 28.5. The summed E-state index contributed by atoms with van der Waals surface area (Å²) in [6.07, 6.45) is 0.